The molecule has 0 N–H and O–H groups in total. The summed E-state index contributed by atoms with van der Waals surface area (Å²) >= 11 is 0. The topological polar surface area (TPSA) is 74.8 Å². The molecule has 2 aliphatic heterocycles. The van der Waals surface area contributed by atoms with Gasteiger partial charge in [0.05, 0.1) is 11.2 Å². The smallest absolute Gasteiger partial charge is 0.212 e. The average molecular weight is 373 g/mol. The highest BCUT2D eigenvalue weighted by atomic mass is 32.2. The molecule has 0 aliphatic carbocycles. The van der Waals surface area contributed by atoms with Gasteiger partial charge in [-0.2, -0.15) is 8.61 Å². The van der Waals surface area contributed by atoms with Gasteiger partial charge < -0.3 is 0 Å². The summed E-state index contributed by atoms with van der Waals surface area (Å²) in [7, 11) is -6.94. The molecule has 3 rings (SSSR count). The van der Waals surface area contributed by atoms with Crippen LogP contribution in [0.2, 0.25) is 0 Å². The number of piperidine rings is 1. The Balaban J connectivity index is 1.94. The number of rotatable bonds is 3. The van der Waals surface area contributed by atoms with Gasteiger partial charge in [0.1, 0.15) is 0 Å². The van der Waals surface area contributed by atoms with Gasteiger partial charge in [-0.3, -0.25) is 0 Å². The minimum absolute atomic E-state index is 0.246. The lowest BCUT2D eigenvalue weighted by Crippen LogP contribution is -2.58. The van der Waals surface area contributed by atoms with E-state index < -0.39 is 25.6 Å². The first-order valence-corrected chi connectivity index (χ1v) is 11.5. The van der Waals surface area contributed by atoms with Gasteiger partial charge in [0, 0.05) is 25.2 Å². The molecule has 1 atom stereocenters. The van der Waals surface area contributed by atoms with E-state index in [2.05, 4.69) is 0 Å². The van der Waals surface area contributed by atoms with E-state index >= 15 is 0 Å². The Morgan fingerprint density at radius 3 is 2.33 bits per heavy atom. The quantitative estimate of drug-likeness (QED) is 0.807. The molecule has 2 saturated heterocycles. The van der Waals surface area contributed by atoms with Crippen LogP contribution in [0.4, 0.5) is 0 Å². The Bertz CT molecular complexity index is 835. The minimum atomic E-state index is -3.61. The van der Waals surface area contributed by atoms with Crippen molar-refractivity contribution in [3.63, 3.8) is 0 Å². The van der Waals surface area contributed by atoms with E-state index in [1.54, 1.807) is 18.2 Å². The summed E-state index contributed by atoms with van der Waals surface area (Å²) in [5, 5.41) is 0. The van der Waals surface area contributed by atoms with Crippen molar-refractivity contribution in [2.24, 2.45) is 0 Å². The lowest BCUT2D eigenvalue weighted by atomic mass is 9.89. The molecule has 0 aromatic heterocycles. The lowest BCUT2D eigenvalue weighted by molar-refractivity contribution is 0.138. The first kappa shape index (κ1) is 17.8. The molecule has 2 fully saturated rings. The summed E-state index contributed by atoms with van der Waals surface area (Å²) in [5.74, 6) is 0. The molecule has 0 radical (unpaired) electrons. The molecule has 134 valence electrons. The number of aryl methyl sites for hydroxylation is 1. The highest BCUT2D eigenvalue weighted by Gasteiger charge is 2.49. The molecule has 1 aromatic rings. The molecule has 2 aliphatic rings. The summed E-state index contributed by atoms with van der Waals surface area (Å²) in [6.07, 6.45) is 4.12. The molecular weight excluding hydrogens is 348 g/mol. The summed E-state index contributed by atoms with van der Waals surface area (Å²) in [4.78, 5) is 0.281. The molecular formula is C16H24N2O4S2. The van der Waals surface area contributed by atoms with Crippen molar-refractivity contribution in [1.82, 2.24) is 8.61 Å². The number of nitrogens with zero attached hydrogens (tertiary/aromatic N) is 2. The van der Waals surface area contributed by atoms with E-state index in [0.29, 0.717) is 19.5 Å². The van der Waals surface area contributed by atoms with E-state index in [1.165, 1.54) is 14.9 Å². The van der Waals surface area contributed by atoms with Crippen LogP contribution in [0.15, 0.2) is 29.2 Å². The molecule has 6 nitrogen and oxygen atoms in total. The first-order chi connectivity index (χ1) is 11.2. The number of hydrogen-bond acceptors (Lipinski definition) is 4. The highest BCUT2D eigenvalue weighted by Crippen LogP contribution is 2.40. The van der Waals surface area contributed by atoms with Gasteiger partial charge in [0.25, 0.3) is 0 Å². The predicted octanol–water partition coefficient (Wildman–Crippen LogP) is 1.57. The number of benzene rings is 1. The van der Waals surface area contributed by atoms with Crippen molar-refractivity contribution in [2.75, 3.05) is 25.9 Å². The normalized spacial score (nSPS) is 26.9. The van der Waals surface area contributed by atoms with Crippen molar-refractivity contribution in [3.8, 4) is 0 Å². The SMILES string of the molecule is Cc1cccc(S(=O)(=O)N2CCC[C@@]3(CCCN3S(C)(=O)=O)C2)c1. The van der Waals surface area contributed by atoms with E-state index in [1.807, 2.05) is 13.0 Å². The summed E-state index contributed by atoms with van der Waals surface area (Å²) in [6, 6.07) is 6.87. The van der Waals surface area contributed by atoms with Crippen molar-refractivity contribution in [2.45, 2.75) is 43.0 Å². The second-order valence-electron chi connectivity index (χ2n) is 6.92. The second-order valence-corrected chi connectivity index (χ2v) is 10.8. The fraction of sp³-hybridized carbons (Fsp3) is 0.625. The predicted molar refractivity (Wildman–Crippen MR) is 92.7 cm³/mol. The number of hydrogen-bond donors (Lipinski definition) is 0. The van der Waals surface area contributed by atoms with Crippen LogP contribution >= 0.6 is 0 Å². The monoisotopic (exact) mass is 372 g/mol. The molecule has 0 saturated carbocycles. The zero-order chi connectivity index (χ0) is 17.6. The Hall–Kier alpha value is -0.960. The van der Waals surface area contributed by atoms with Crippen LogP contribution in [-0.4, -0.2) is 56.9 Å². The van der Waals surface area contributed by atoms with Gasteiger partial charge in [0.15, 0.2) is 0 Å². The van der Waals surface area contributed by atoms with E-state index in [-0.39, 0.29) is 11.4 Å². The summed E-state index contributed by atoms with van der Waals surface area (Å²) in [5.41, 5.74) is 0.310. The second kappa shape index (κ2) is 6.09. The van der Waals surface area contributed by atoms with Crippen LogP contribution in [0.25, 0.3) is 0 Å². The third-order valence-electron chi connectivity index (χ3n) is 5.08. The lowest BCUT2D eigenvalue weighted by Gasteiger charge is -2.44. The van der Waals surface area contributed by atoms with Gasteiger partial charge in [0.2, 0.25) is 20.0 Å². The van der Waals surface area contributed by atoms with Gasteiger partial charge >= 0.3 is 0 Å². The number of sulfonamides is 2. The Labute approximate surface area is 144 Å². The molecule has 0 bridgehead atoms. The summed E-state index contributed by atoms with van der Waals surface area (Å²) in [6.45, 7) is 3.03. The van der Waals surface area contributed by atoms with Gasteiger partial charge in [-0.15, -0.1) is 0 Å². The average Bonchev–Trinajstić information content (AvgIpc) is 2.90. The fourth-order valence-electron chi connectivity index (χ4n) is 4.04. The molecule has 0 amide bonds. The zero-order valence-electron chi connectivity index (χ0n) is 14.1. The standard InChI is InChI=1S/C16H24N2O4S2/c1-14-6-3-7-15(12-14)24(21,22)17-10-4-8-16(13-17)9-5-11-18(16)23(2,19)20/h3,6-7,12H,4-5,8-11,13H2,1-2H3/t16-/m1/s1. The Kier molecular flexibility index (Phi) is 4.53. The Morgan fingerprint density at radius 1 is 1.04 bits per heavy atom. The fourth-order valence-corrected chi connectivity index (χ4v) is 7.11. The van der Waals surface area contributed by atoms with Crippen LogP contribution in [0.3, 0.4) is 0 Å². The first-order valence-electron chi connectivity index (χ1n) is 8.20. The van der Waals surface area contributed by atoms with E-state index in [4.69, 9.17) is 0 Å². The van der Waals surface area contributed by atoms with Crippen LogP contribution in [0.1, 0.15) is 31.2 Å². The third-order valence-corrected chi connectivity index (χ3v) is 8.29. The highest BCUT2D eigenvalue weighted by molar-refractivity contribution is 7.89. The van der Waals surface area contributed by atoms with Crippen molar-refractivity contribution in [3.05, 3.63) is 29.8 Å². The van der Waals surface area contributed by atoms with Crippen molar-refractivity contribution >= 4 is 20.0 Å². The van der Waals surface area contributed by atoms with Crippen molar-refractivity contribution in [1.29, 1.82) is 0 Å². The minimum Gasteiger partial charge on any atom is -0.212 e. The maximum absolute atomic E-state index is 13.0. The zero-order valence-corrected chi connectivity index (χ0v) is 15.7. The van der Waals surface area contributed by atoms with Gasteiger partial charge in [-0.25, -0.2) is 16.8 Å². The summed E-state index contributed by atoms with van der Waals surface area (Å²) < 4.78 is 53.3. The third kappa shape index (κ3) is 3.12. The maximum Gasteiger partial charge on any atom is 0.243 e. The van der Waals surface area contributed by atoms with Crippen LogP contribution in [0.5, 0.6) is 0 Å². The van der Waals surface area contributed by atoms with Crippen LogP contribution in [0, 0.1) is 6.92 Å². The maximum atomic E-state index is 13.0. The molecule has 24 heavy (non-hydrogen) atoms. The van der Waals surface area contributed by atoms with E-state index in [0.717, 1.165) is 24.8 Å². The largest absolute Gasteiger partial charge is 0.243 e. The molecule has 2 heterocycles. The van der Waals surface area contributed by atoms with Gasteiger partial charge in [-0.1, -0.05) is 12.1 Å². The van der Waals surface area contributed by atoms with Crippen LogP contribution < -0.4 is 0 Å². The molecule has 1 aromatic carbocycles. The van der Waals surface area contributed by atoms with Gasteiger partial charge in [-0.05, 0) is 50.3 Å². The Morgan fingerprint density at radius 2 is 1.71 bits per heavy atom. The van der Waals surface area contributed by atoms with Crippen molar-refractivity contribution < 1.29 is 16.8 Å². The molecule has 0 unspecified atom stereocenters. The van der Waals surface area contributed by atoms with Crippen LogP contribution in [-0.2, 0) is 20.0 Å². The molecule has 8 heteroatoms. The molecule has 1 spiro atoms. The van der Waals surface area contributed by atoms with E-state index in [9.17, 15) is 16.8 Å².